The fourth-order valence-corrected chi connectivity index (χ4v) is 4.12. The predicted molar refractivity (Wildman–Crippen MR) is 124 cm³/mol. The van der Waals surface area contributed by atoms with E-state index in [1.165, 1.54) is 0 Å². The summed E-state index contributed by atoms with van der Waals surface area (Å²) in [5, 5.41) is 35.2. The van der Waals surface area contributed by atoms with Gasteiger partial charge < -0.3 is 37.1 Å². The van der Waals surface area contributed by atoms with Crippen LogP contribution in [-0.4, -0.2) is 38.2 Å². The summed E-state index contributed by atoms with van der Waals surface area (Å²) < 4.78 is 0. The number of benzene rings is 2. The first-order valence-corrected chi connectivity index (χ1v) is 10.6. The Morgan fingerprint density at radius 3 is 2.64 bits per heavy atom. The zero-order valence-electron chi connectivity index (χ0n) is 17.8. The largest absolute Gasteiger partial charge is 0.494 e. The van der Waals surface area contributed by atoms with E-state index < -0.39 is 30.1 Å². The van der Waals surface area contributed by atoms with Crippen molar-refractivity contribution in [3.63, 3.8) is 0 Å². The zero-order valence-corrected chi connectivity index (χ0v) is 17.8. The summed E-state index contributed by atoms with van der Waals surface area (Å²) >= 11 is 0. The first-order chi connectivity index (χ1) is 15.7. The van der Waals surface area contributed by atoms with Crippen molar-refractivity contribution in [2.45, 2.75) is 37.5 Å². The van der Waals surface area contributed by atoms with Crippen LogP contribution in [-0.2, 0) is 9.59 Å². The highest BCUT2D eigenvalue weighted by atomic mass is 16.3. The molecule has 0 spiro atoms. The number of primary amides is 1. The third-order valence-electron chi connectivity index (χ3n) is 5.88. The third kappa shape index (κ3) is 4.61. The van der Waals surface area contributed by atoms with Crippen LogP contribution in [0.5, 0.6) is 5.88 Å². The normalized spacial score (nSPS) is 19.9. The number of aliphatic hydroxyl groups is 2. The summed E-state index contributed by atoms with van der Waals surface area (Å²) in [6, 6.07) is 11.3. The molecule has 1 aliphatic carbocycles. The number of aliphatic hydroxyl groups excluding tert-OH is 2. The summed E-state index contributed by atoms with van der Waals surface area (Å²) in [5.74, 6) is -1.09. The maximum atomic E-state index is 12.3. The molecule has 0 saturated carbocycles. The Morgan fingerprint density at radius 2 is 1.91 bits per heavy atom. The number of amides is 2. The molecule has 2 amide bonds. The van der Waals surface area contributed by atoms with Crippen LogP contribution < -0.4 is 16.8 Å². The Bertz CT molecular complexity index is 1250. The average molecular weight is 450 g/mol. The smallest absolute Gasteiger partial charge is 0.241 e. The summed E-state index contributed by atoms with van der Waals surface area (Å²) in [6.07, 6.45) is 0.333. The number of fused-ring (bicyclic) bond motifs is 2. The van der Waals surface area contributed by atoms with E-state index in [4.69, 9.17) is 11.5 Å². The fourth-order valence-electron chi connectivity index (χ4n) is 4.12. The Kier molecular flexibility index (Phi) is 6.19. The van der Waals surface area contributed by atoms with E-state index in [9.17, 15) is 24.9 Å². The lowest BCUT2D eigenvalue weighted by Crippen LogP contribution is -2.36. The molecular weight excluding hydrogens is 424 g/mol. The highest BCUT2D eigenvalue weighted by Gasteiger charge is 2.28. The van der Waals surface area contributed by atoms with E-state index in [0.717, 1.165) is 0 Å². The number of H-pyrrole nitrogens is 1. The minimum atomic E-state index is -0.917. The molecule has 3 atom stereocenters. The van der Waals surface area contributed by atoms with Gasteiger partial charge in [0.05, 0.1) is 12.1 Å². The van der Waals surface area contributed by atoms with Crippen LogP contribution in [0.15, 0.2) is 48.0 Å². The molecule has 0 aliphatic heterocycles. The second kappa shape index (κ2) is 9.07. The van der Waals surface area contributed by atoms with Crippen molar-refractivity contribution in [2.24, 2.45) is 11.5 Å². The van der Waals surface area contributed by atoms with Crippen molar-refractivity contribution in [3.05, 3.63) is 64.7 Å². The minimum absolute atomic E-state index is 0.00826. The number of nitrogens with two attached hydrogens (primary N) is 2. The molecule has 172 valence electrons. The summed E-state index contributed by atoms with van der Waals surface area (Å²) in [7, 11) is 0. The number of hydrogen-bond acceptors (Lipinski definition) is 6. The lowest BCUT2D eigenvalue weighted by atomic mass is 9.83. The van der Waals surface area contributed by atoms with E-state index in [-0.39, 0.29) is 25.1 Å². The number of anilines is 1. The molecule has 0 saturated heterocycles. The molecule has 2 unspecified atom stereocenters. The maximum absolute atomic E-state index is 12.3. The van der Waals surface area contributed by atoms with Crippen molar-refractivity contribution in [1.29, 1.82) is 0 Å². The van der Waals surface area contributed by atoms with Crippen LogP contribution in [0.4, 0.5) is 5.69 Å². The van der Waals surface area contributed by atoms with Crippen molar-refractivity contribution in [1.82, 2.24) is 4.98 Å². The molecule has 0 fully saturated rings. The topological polar surface area (TPSA) is 175 Å². The molecule has 2 aromatic carbocycles. The molecule has 0 radical (unpaired) electrons. The maximum Gasteiger partial charge on any atom is 0.241 e. The average Bonchev–Trinajstić information content (AvgIpc) is 3.10. The van der Waals surface area contributed by atoms with Gasteiger partial charge in [0.1, 0.15) is 6.10 Å². The van der Waals surface area contributed by atoms with Crippen LogP contribution >= 0.6 is 0 Å². The molecule has 9 nitrogen and oxygen atoms in total. The molecule has 33 heavy (non-hydrogen) atoms. The Morgan fingerprint density at radius 1 is 1.18 bits per heavy atom. The molecule has 9 N–H and O–H groups in total. The molecule has 9 heteroatoms. The third-order valence-corrected chi connectivity index (χ3v) is 5.88. The highest BCUT2D eigenvalue weighted by molar-refractivity contribution is 5.99. The number of aromatic hydroxyl groups is 1. The van der Waals surface area contributed by atoms with Gasteiger partial charge in [0.15, 0.2) is 5.88 Å². The van der Waals surface area contributed by atoms with Crippen molar-refractivity contribution >= 4 is 34.5 Å². The first-order valence-electron chi connectivity index (χ1n) is 10.6. The number of aromatic nitrogens is 1. The standard InChI is InChI=1S/C24H26N4O5/c25-18(6-8-21(26)30)24(33)27-13-5-7-19-16(11-13)17(23(32)28-19)9-12-10-20(29)14-3-1-2-4-15(14)22(12)31/h1-5,7,9,11,18,20,22,28-29,31-32H,6,8,10,25H2,(H2,26,30)(H,27,33)/t18-,20?,22?/m0/s1. The summed E-state index contributed by atoms with van der Waals surface area (Å²) in [4.78, 5) is 26.1. The van der Waals surface area contributed by atoms with E-state index in [1.807, 2.05) is 6.07 Å². The predicted octanol–water partition coefficient (Wildman–Crippen LogP) is 1.96. The number of rotatable bonds is 6. The number of nitrogens with one attached hydrogen (secondary N) is 2. The van der Waals surface area contributed by atoms with Gasteiger partial charge >= 0.3 is 0 Å². The van der Waals surface area contributed by atoms with Gasteiger partial charge in [-0.3, -0.25) is 9.59 Å². The lowest BCUT2D eigenvalue weighted by Gasteiger charge is -2.28. The van der Waals surface area contributed by atoms with Gasteiger partial charge in [-0.2, -0.15) is 0 Å². The van der Waals surface area contributed by atoms with Gasteiger partial charge in [-0.05, 0) is 47.4 Å². The SMILES string of the molecule is NC(=O)CC[C@H](N)C(=O)Nc1ccc2[nH]c(O)c(C=C3CC(O)c4ccccc4C3O)c2c1. The Labute approximate surface area is 189 Å². The van der Waals surface area contributed by atoms with Gasteiger partial charge in [-0.25, -0.2) is 0 Å². The van der Waals surface area contributed by atoms with Crippen LogP contribution in [0.2, 0.25) is 0 Å². The zero-order chi connectivity index (χ0) is 23.7. The molecule has 1 heterocycles. The second-order valence-corrected chi connectivity index (χ2v) is 8.22. The lowest BCUT2D eigenvalue weighted by molar-refractivity contribution is -0.119. The van der Waals surface area contributed by atoms with Gasteiger partial charge in [-0.1, -0.05) is 24.3 Å². The molecule has 0 bridgehead atoms. The minimum Gasteiger partial charge on any atom is -0.494 e. The van der Waals surface area contributed by atoms with Gasteiger partial charge in [0.2, 0.25) is 11.8 Å². The van der Waals surface area contributed by atoms with Crippen LogP contribution in [0.25, 0.3) is 17.0 Å². The van der Waals surface area contributed by atoms with E-state index in [0.29, 0.717) is 38.9 Å². The molecule has 3 aromatic rings. The molecule has 4 rings (SSSR count). The Balaban J connectivity index is 1.63. The number of aromatic amines is 1. The number of carbonyl (C=O) groups excluding carboxylic acids is 2. The fraction of sp³-hybridized carbons (Fsp3) is 0.250. The van der Waals surface area contributed by atoms with E-state index in [1.54, 1.807) is 42.5 Å². The number of carbonyl (C=O) groups is 2. The summed E-state index contributed by atoms with van der Waals surface area (Å²) in [5.41, 5.74) is 14.3. The first kappa shape index (κ1) is 22.5. The molecule has 1 aromatic heterocycles. The van der Waals surface area contributed by atoms with Gasteiger partial charge in [-0.15, -0.1) is 0 Å². The molecule has 1 aliphatic rings. The van der Waals surface area contributed by atoms with E-state index >= 15 is 0 Å². The van der Waals surface area contributed by atoms with Crippen LogP contribution in [0, 0.1) is 0 Å². The highest BCUT2D eigenvalue weighted by Crippen LogP contribution is 2.42. The number of hydrogen-bond donors (Lipinski definition) is 7. The van der Waals surface area contributed by atoms with Gasteiger partial charge in [0.25, 0.3) is 0 Å². The van der Waals surface area contributed by atoms with Crippen LogP contribution in [0.3, 0.4) is 0 Å². The van der Waals surface area contributed by atoms with Crippen LogP contribution in [0.1, 0.15) is 48.2 Å². The quantitative estimate of drug-likeness (QED) is 0.302. The van der Waals surface area contributed by atoms with Crippen molar-refractivity contribution < 1.29 is 24.9 Å². The summed E-state index contributed by atoms with van der Waals surface area (Å²) in [6.45, 7) is 0. The van der Waals surface area contributed by atoms with Crippen molar-refractivity contribution in [3.8, 4) is 5.88 Å². The van der Waals surface area contributed by atoms with E-state index in [2.05, 4.69) is 10.3 Å². The molecular formula is C24H26N4O5. The monoisotopic (exact) mass is 450 g/mol. The van der Waals surface area contributed by atoms with Crippen molar-refractivity contribution in [2.75, 3.05) is 5.32 Å². The second-order valence-electron chi connectivity index (χ2n) is 8.22. The van der Waals surface area contributed by atoms with Gasteiger partial charge in [0, 0.05) is 35.0 Å². The Hall–Kier alpha value is -3.66.